The predicted octanol–water partition coefficient (Wildman–Crippen LogP) is 4.06. The van der Waals surface area contributed by atoms with E-state index in [2.05, 4.69) is 38.1 Å². The van der Waals surface area contributed by atoms with E-state index in [1.54, 1.807) is 7.11 Å². The lowest BCUT2D eigenvalue weighted by Crippen LogP contribution is -2.17. The maximum Gasteiger partial charge on any atom is 0.249 e. The highest BCUT2D eigenvalue weighted by Crippen LogP contribution is 2.49. The number of methoxy groups -OCH3 is 1. The van der Waals surface area contributed by atoms with Crippen LogP contribution in [0.3, 0.4) is 0 Å². The van der Waals surface area contributed by atoms with Crippen LogP contribution in [0.1, 0.15) is 63.9 Å². The summed E-state index contributed by atoms with van der Waals surface area (Å²) in [4.78, 5) is 12.0. The standard InChI is InChI=1S/C21H25NO3/c1-11(2)14-6-8-15(9-7-14)16-10-25-20-18(16)12(3)17(21(22)23)13(4)19(20)24-5/h6-9,11,16H,10H2,1-5H3,(H2,22,23). The molecule has 1 atom stereocenters. The monoisotopic (exact) mass is 339 g/mol. The van der Waals surface area contributed by atoms with Crippen molar-refractivity contribution < 1.29 is 14.3 Å². The zero-order valence-electron chi connectivity index (χ0n) is 15.5. The molecule has 2 aromatic rings. The van der Waals surface area contributed by atoms with Gasteiger partial charge in [0.25, 0.3) is 0 Å². The fraction of sp³-hybridized carbons (Fsp3) is 0.381. The van der Waals surface area contributed by atoms with Crippen molar-refractivity contribution in [1.29, 1.82) is 0 Å². The molecular weight excluding hydrogens is 314 g/mol. The van der Waals surface area contributed by atoms with Gasteiger partial charge in [-0.05, 0) is 36.5 Å². The molecule has 0 radical (unpaired) electrons. The van der Waals surface area contributed by atoms with Crippen LogP contribution in [0, 0.1) is 13.8 Å². The lowest BCUT2D eigenvalue weighted by Gasteiger charge is -2.18. The second-order valence-corrected chi connectivity index (χ2v) is 6.95. The summed E-state index contributed by atoms with van der Waals surface area (Å²) < 4.78 is 11.5. The summed E-state index contributed by atoms with van der Waals surface area (Å²) in [5.41, 5.74) is 11.3. The summed E-state index contributed by atoms with van der Waals surface area (Å²) in [5.74, 6) is 1.48. The first kappa shape index (κ1) is 17.3. The molecule has 0 fully saturated rings. The highest BCUT2D eigenvalue weighted by molar-refractivity contribution is 5.97. The Kier molecular flexibility index (Phi) is 4.46. The number of rotatable bonds is 4. The molecule has 0 aromatic heterocycles. The van der Waals surface area contributed by atoms with Crippen LogP contribution in [-0.4, -0.2) is 19.6 Å². The minimum Gasteiger partial charge on any atom is -0.493 e. The van der Waals surface area contributed by atoms with Gasteiger partial charge in [-0.1, -0.05) is 38.1 Å². The van der Waals surface area contributed by atoms with Crippen molar-refractivity contribution in [2.24, 2.45) is 5.73 Å². The molecule has 0 aliphatic carbocycles. The largest absolute Gasteiger partial charge is 0.493 e. The number of hydrogen-bond donors (Lipinski definition) is 1. The Labute approximate surface area is 148 Å². The third-order valence-electron chi connectivity index (χ3n) is 5.14. The zero-order chi connectivity index (χ0) is 18.3. The van der Waals surface area contributed by atoms with E-state index >= 15 is 0 Å². The van der Waals surface area contributed by atoms with Crippen molar-refractivity contribution in [2.45, 2.75) is 39.5 Å². The Balaban J connectivity index is 2.16. The lowest BCUT2D eigenvalue weighted by molar-refractivity contribution is 0.0998. The summed E-state index contributed by atoms with van der Waals surface area (Å²) in [6.07, 6.45) is 0. The van der Waals surface area contributed by atoms with Crippen LogP contribution in [0.25, 0.3) is 0 Å². The quantitative estimate of drug-likeness (QED) is 0.914. The van der Waals surface area contributed by atoms with Crippen molar-refractivity contribution in [1.82, 2.24) is 0 Å². The molecule has 0 spiro atoms. The molecule has 2 aromatic carbocycles. The Bertz CT molecular complexity index is 822. The second-order valence-electron chi connectivity index (χ2n) is 6.95. The van der Waals surface area contributed by atoms with Gasteiger partial charge in [-0.15, -0.1) is 0 Å². The van der Waals surface area contributed by atoms with E-state index in [0.717, 1.165) is 22.4 Å². The average molecular weight is 339 g/mol. The maximum absolute atomic E-state index is 12.0. The Hall–Kier alpha value is -2.49. The number of benzene rings is 2. The third kappa shape index (κ3) is 2.76. The van der Waals surface area contributed by atoms with E-state index in [0.29, 0.717) is 23.8 Å². The number of nitrogens with two attached hydrogens (primary N) is 1. The summed E-state index contributed by atoms with van der Waals surface area (Å²) in [5, 5.41) is 0. The molecule has 2 N–H and O–H groups in total. The van der Waals surface area contributed by atoms with Crippen LogP contribution >= 0.6 is 0 Å². The first-order valence-corrected chi connectivity index (χ1v) is 8.60. The molecule has 1 heterocycles. The molecule has 1 aliphatic rings. The number of fused-ring (bicyclic) bond motifs is 1. The maximum atomic E-state index is 12.0. The molecule has 0 bridgehead atoms. The highest BCUT2D eigenvalue weighted by Gasteiger charge is 2.34. The van der Waals surface area contributed by atoms with Gasteiger partial charge >= 0.3 is 0 Å². The van der Waals surface area contributed by atoms with E-state index in [1.165, 1.54) is 11.1 Å². The minimum atomic E-state index is -0.433. The number of ether oxygens (including phenoxy) is 2. The van der Waals surface area contributed by atoms with Crippen molar-refractivity contribution in [3.63, 3.8) is 0 Å². The highest BCUT2D eigenvalue weighted by atomic mass is 16.5. The zero-order valence-corrected chi connectivity index (χ0v) is 15.5. The lowest BCUT2D eigenvalue weighted by atomic mass is 9.85. The Morgan fingerprint density at radius 2 is 1.84 bits per heavy atom. The molecule has 1 unspecified atom stereocenters. The van der Waals surface area contributed by atoms with Gasteiger partial charge in [0, 0.05) is 22.6 Å². The van der Waals surface area contributed by atoms with Gasteiger partial charge in [0.15, 0.2) is 11.5 Å². The van der Waals surface area contributed by atoms with E-state index in [9.17, 15) is 4.79 Å². The SMILES string of the molecule is COc1c(C)c(C(N)=O)c(C)c2c1OCC2c1ccc(C(C)C)cc1. The summed E-state index contributed by atoms with van der Waals surface area (Å²) in [6.45, 7) is 8.69. The van der Waals surface area contributed by atoms with Crippen LogP contribution in [-0.2, 0) is 0 Å². The van der Waals surface area contributed by atoms with Crippen molar-refractivity contribution in [3.05, 3.63) is 57.6 Å². The predicted molar refractivity (Wildman–Crippen MR) is 98.9 cm³/mol. The van der Waals surface area contributed by atoms with Crippen molar-refractivity contribution >= 4 is 5.91 Å². The first-order valence-electron chi connectivity index (χ1n) is 8.60. The fourth-order valence-electron chi connectivity index (χ4n) is 3.80. The van der Waals surface area contributed by atoms with Gasteiger partial charge < -0.3 is 15.2 Å². The third-order valence-corrected chi connectivity index (χ3v) is 5.14. The molecule has 0 saturated carbocycles. The van der Waals surface area contributed by atoms with Crippen LogP contribution in [0.15, 0.2) is 24.3 Å². The molecule has 0 saturated heterocycles. The summed E-state index contributed by atoms with van der Waals surface area (Å²) in [6, 6.07) is 8.61. The fourth-order valence-corrected chi connectivity index (χ4v) is 3.80. The molecule has 1 aliphatic heterocycles. The minimum absolute atomic E-state index is 0.0730. The van der Waals surface area contributed by atoms with Gasteiger partial charge in [-0.25, -0.2) is 0 Å². The Morgan fingerprint density at radius 3 is 2.36 bits per heavy atom. The molecule has 1 amide bonds. The molecule has 4 heteroatoms. The van der Waals surface area contributed by atoms with Gasteiger partial charge in [-0.2, -0.15) is 0 Å². The topological polar surface area (TPSA) is 61.5 Å². The van der Waals surface area contributed by atoms with Crippen molar-refractivity contribution in [3.8, 4) is 11.5 Å². The average Bonchev–Trinajstić information content (AvgIpc) is 3.00. The summed E-state index contributed by atoms with van der Waals surface area (Å²) in [7, 11) is 1.59. The number of carbonyl (C=O) groups is 1. The number of amides is 1. The molecule has 4 nitrogen and oxygen atoms in total. The number of carbonyl (C=O) groups excluding carboxylic acids is 1. The summed E-state index contributed by atoms with van der Waals surface area (Å²) >= 11 is 0. The van der Waals surface area contributed by atoms with E-state index in [4.69, 9.17) is 15.2 Å². The van der Waals surface area contributed by atoms with Crippen molar-refractivity contribution in [2.75, 3.05) is 13.7 Å². The van der Waals surface area contributed by atoms with E-state index in [-0.39, 0.29) is 5.92 Å². The van der Waals surface area contributed by atoms with Crippen LogP contribution in [0.4, 0.5) is 0 Å². The van der Waals surface area contributed by atoms with E-state index in [1.807, 2.05) is 13.8 Å². The van der Waals surface area contributed by atoms with Crippen LogP contribution in [0.2, 0.25) is 0 Å². The van der Waals surface area contributed by atoms with Gasteiger partial charge in [0.2, 0.25) is 5.91 Å². The normalized spacial score (nSPS) is 15.8. The smallest absolute Gasteiger partial charge is 0.249 e. The number of hydrogen-bond acceptors (Lipinski definition) is 3. The molecule has 25 heavy (non-hydrogen) atoms. The van der Waals surface area contributed by atoms with Gasteiger partial charge in [0.05, 0.1) is 13.7 Å². The Morgan fingerprint density at radius 1 is 1.20 bits per heavy atom. The van der Waals surface area contributed by atoms with Crippen LogP contribution < -0.4 is 15.2 Å². The van der Waals surface area contributed by atoms with Gasteiger partial charge in [-0.3, -0.25) is 4.79 Å². The number of primary amides is 1. The van der Waals surface area contributed by atoms with E-state index < -0.39 is 5.91 Å². The first-order chi connectivity index (χ1) is 11.9. The van der Waals surface area contributed by atoms with Gasteiger partial charge in [0.1, 0.15) is 0 Å². The second kappa shape index (κ2) is 6.43. The molecular formula is C21H25NO3. The molecule has 132 valence electrons. The molecule has 3 rings (SSSR count). The van der Waals surface area contributed by atoms with Crippen LogP contribution in [0.5, 0.6) is 11.5 Å².